The molecule has 0 spiro atoms. The van der Waals surface area contributed by atoms with Crippen molar-refractivity contribution in [3.8, 4) is 5.69 Å². The van der Waals surface area contributed by atoms with Gasteiger partial charge in [0.25, 0.3) is 0 Å². The Morgan fingerprint density at radius 3 is 2.65 bits per heavy atom. The zero-order valence-electron chi connectivity index (χ0n) is 13.1. The van der Waals surface area contributed by atoms with Gasteiger partial charge in [-0.15, -0.1) is 0 Å². The molecular weight excluding hydrogens is 288 g/mol. The van der Waals surface area contributed by atoms with Crippen molar-refractivity contribution in [2.75, 3.05) is 13.1 Å². The van der Waals surface area contributed by atoms with Crippen LogP contribution in [0, 0.1) is 0 Å². The standard InChI is InChI=1S/C17H20N6/c1-2-13(3-1)21-9-6-17-20-15-12-14(23-18-7-8-19-23)4-5-16(15)22(17)11-10-21/h4-5,7-8,12-13H,1-3,6,9-11H2. The third-order valence-electron chi connectivity index (χ3n) is 5.29. The number of imidazole rings is 1. The average Bonchev–Trinajstić information content (AvgIpc) is 3.11. The summed E-state index contributed by atoms with van der Waals surface area (Å²) in [6.45, 7) is 3.33. The van der Waals surface area contributed by atoms with Gasteiger partial charge < -0.3 is 4.57 Å². The van der Waals surface area contributed by atoms with E-state index < -0.39 is 0 Å². The van der Waals surface area contributed by atoms with Crippen molar-refractivity contribution in [3.05, 3.63) is 36.4 Å². The van der Waals surface area contributed by atoms with Crippen LogP contribution in [0.25, 0.3) is 16.7 Å². The monoisotopic (exact) mass is 308 g/mol. The van der Waals surface area contributed by atoms with Crippen molar-refractivity contribution in [1.29, 1.82) is 0 Å². The van der Waals surface area contributed by atoms with Crippen LogP contribution in [-0.2, 0) is 13.0 Å². The maximum atomic E-state index is 4.89. The molecule has 3 aromatic rings. The van der Waals surface area contributed by atoms with E-state index in [0.29, 0.717) is 0 Å². The highest BCUT2D eigenvalue weighted by Gasteiger charge is 2.27. The molecular formula is C17H20N6. The first-order chi connectivity index (χ1) is 11.4. The van der Waals surface area contributed by atoms with Crippen LogP contribution in [0.4, 0.5) is 0 Å². The quantitative estimate of drug-likeness (QED) is 0.727. The Labute approximate surface area is 134 Å². The topological polar surface area (TPSA) is 51.8 Å². The summed E-state index contributed by atoms with van der Waals surface area (Å²) in [6.07, 6.45) is 8.59. The molecule has 6 nitrogen and oxygen atoms in total. The molecule has 6 heteroatoms. The Bertz CT molecular complexity index is 830. The largest absolute Gasteiger partial charge is 0.327 e. The highest BCUT2D eigenvalue weighted by atomic mass is 15.5. The SMILES string of the molecule is c1cnn(-c2ccc3c(c2)nc2n3CCN(C3CCC3)CC2)n1. The molecule has 2 aromatic heterocycles. The molecule has 1 saturated carbocycles. The Morgan fingerprint density at radius 2 is 1.87 bits per heavy atom. The minimum absolute atomic E-state index is 0.823. The molecule has 1 fully saturated rings. The second-order valence-corrected chi connectivity index (χ2v) is 6.54. The van der Waals surface area contributed by atoms with Gasteiger partial charge >= 0.3 is 0 Å². The highest BCUT2D eigenvalue weighted by Crippen LogP contribution is 2.27. The van der Waals surface area contributed by atoms with Gasteiger partial charge in [-0.1, -0.05) is 6.42 Å². The minimum atomic E-state index is 0.823. The van der Waals surface area contributed by atoms with Crippen LogP contribution in [0.1, 0.15) is 25.1 Å². The van der Waals surface area contributed by atoms with E-state index in [9.17, 15) is 0 Å². The number of rotatable bonds is 2. The normalized spacial score (nSPS) is 19.5. The predicted molar refractivity (Wildman–Crippen MR) is 87.6 cm³/mol. The summed E-state index contributed by atoms with van der Waals surface area (Å²) in [6, 6.07) is 7.14. The first-order valence-electron chi connectivity index (χ1n) is 8.48. The second kappa shape index (κ2) is 5.16. The molecule has 0 N–H and O–H groups in total. The maximum Gasteiger partial charge on any atom is 0.111 e. The molecule has 0 bridgehead atoms. The molecule has 0 radical (unpaired) electrons. The predicted octanol–water partition coefficient (Wildman–Crippen LogP) is 2.03. The number of hydrogen-bond acceptors (Lipinski definition) is 4. The lowest BCUT2D eigenvalue weighted by molar-refractivity contribution is 0.130. The first kappa shape index (κ1) is 13.2. The fourth-order valence-electron chi connectivity index (χ4n) is 3.78. The zero-order chi connectivity index (χ0) is 15.2. The summed E-state index contributed by atoms with van der Waals surface area (Å²) < 4.78 is 2.40. The van der Waals surface area contributed by atoms with E-state index in [1.54, 1.807) is 17.2 Å². The van der Waals surface area contributed by atoms with Crippen LogP contribution in [-0.4, -0.2) is 48.6 Å². The number of benzene rings is 1. The van der Waals surface area contributed by atoms with Crippen LogP contribution >= 0.6 is 0 Å². The molecule has 23 heavy (non-hydrogen) atoms. The van der Waals surface area contributed by atoms with Crippen molar-refractivity contribution in [3.63, 3.8) is 0 Å². The van der Waals surface area contributed by atoms with Crippen LogP contribution in [0.15, 0.2) is 30.6 Å². The molecule has 0 saturated heterocycles. The van der Waals surface area contributed by atoms with Crippen molar-refractivity contribution in [2.45, 2.75) is 38.3 Å². The Balaban J connectivity index is 1.48. The van der Waals surface area contributed by atoms with Gasteiger partial charge in [0.05, 0.1) is 29.1 Å². The lowest BCUT2D eigenvalue weighted by Gasteiger charge is -2.36. The van der Waals surface area contributed by atoms with Gasteiger partial charge in [-0.05, 0) is 31.0 Å². The van der Waals surface area contributed by atoms with Crippen LogP contribution in [0.3, 0.4) is 0 Å². The molecule has 118 valence electrons. The zero-order valence-corrected chi connectivity index (χ0v) is 13.1. The molecule has 0 amide bonds. The van der Waals surface area contributed by atoms with Crippen LogP contribution < -0.4 is 0 Å². The minimum Gasteiger partial charge on any atom is -0.327 e. The number of fused-ring (bicyclic) bond motifs is 3. The lowest BCUT2D eigenvalue weighted by Crippen LogP contribution is -2.41. The highest BCUT2D eigenvalue weighted by molar-refractivity contribution is 5.78. The number of hydrogen-bond donors (Lipinski definition) is 0. The van der Waals surface area contributed by atoms with Crippen molar-refractivity contribution >= 4 is 11.0 Å². The molecule has 5 rings (SSSR count). The number of aromatic nitrogens is 5. The van der Waals surface area contributed by atoms with E-state index in [1.807, 2.05) is 0 Å². The first-order valence-corrected chi connectivity index (χ1v) is 8.48. The van der Waals surface area contributed by atoms with E-state index in [4.69, 9.17) is 4.98 Å². The Kier molecular flexibility index (Phi) is 2.97. The lowest BCUT2D eigenvalue weighted by atomic mass is 9.91. The Morgan fingerprint density at radius 1 is 1.00 bits per heavy atom. The van der Waals surface area contributed by atoms with Gasteiger partial charge in [-0.3, -0.25) is 4.90 Å². The van der Waals surface area contributed by atoms with Gasteiger partial charge in [0.2, 0.25) is 0 Å². The van der Waals surface area contributed by atoms with E-state index >= 15 is 0 Å². The maximum absolute atomic E-state index is 4.89. The fraction of sp³-hybridized carbons (Fsp3) is 0.471. The van der Waals surface area contributed by atoms with Crippen molar-refractivity contribution in [2.24, 2.45) is 0 Å². The summed E-state index contributed by atoms with van der Waals surface area (Å²) in [4.78, 5) is 9.19. The summed E-state index contributed by atoms with van der Waals surface area (Å²) in [5.41, 5.74) is 3.24. The second-order valence-electron chi connectivity index (χ2n) is 6.54. The Hall–Kier alpha value is -2.21. The summed E-state index contributed by atoms with van der Waals surface area (Å²) >= 11 is 0. The summed E-state index contributed by atoms with van der Waals surface area (Å²) in [7, 11) is 0. The fourth-order valence-corrected chi connectivity index (χ4v) is 3.78. The van der Waals surface area contributed by atoms with Gasteiger partial charge in [0.1, 0.15) is 5.82 Å². The molecule has 0 atom stereocenters. The molecule has 1 aromatic carbocycles. The van der Waals surface area contributed by atoms with Gasteiger partial charge in [0.15, 0.2) is 0 Å². The summed E-state index contributed by atoms with van der Waals surface area (Å²) in [5, 5.41) is 8.40. The van der Waals surface area contributed by atoms with Gasteiger partial charge in [0, 0.05) is 32.1 Å². The number of nitrogens with zero attached hydrogens (tertiary/aromatic N) is 6. The third-order valence-corrected chi connectivity index (χ3v) is 5.29. The molecule has 2 aliphatic rings. The molecule has 0 unspecified atom stereocenters. The smallest absolute Gasteiger partial charge is 0.111 e. The molecule has 3 heterocycles. The average molecular weight is 308 g/mol. The van der Waals surface area contributed by atoms with E-state index in [2.05, 4.69) is 37.9 Å². The van der Waals surface area contributed by atoms with Crippen LogP contribution in [0.2, 0.25) is 0 Å². The van der Waals surface area contributed by atoms with E-state index in [0.717, 1.165) is 43.3 Å². The van der Waals surface area contributed by atoms with E-state index in [-0.39, 0.29) is 0 Å². The van der Waals surface area contributed by atoms with E-state index in [1.165, 1.54) is 30.6 Å². The molecule has 1 aliphatic carbocycles. The van der Waals surface area contributed by atoms with Crippen molar-refractivity contribution < 1.29 is 0 Å². The van der Waals surface area contributed by atoms with Gasteiger partial charge in [-0.2, -0.15) is 15.0 Å². The van der Waals surface area contributed by atoms with Crippen molar-refractivity contribution in [1.82, 2.24) is 29.4 Å². The van der Waals surface area contributed by atoms with Gasteiger partial charge in [-0.25, -0.2) is 4.98 Å². The third kappa shape index (κ3) is 2.16. The molecule has 1 aliphatic heterocycles. The summed E-state index contributed by atoms with van der Waals surface area (Å²) in [5.74, 6) is 1.22. The van der Waals surface area contributed by atoms with Crippen LogP contribution in [0.5, 0.6) is 0 Å².